The fourth-order valence-corrected chi connectivity index (χ4v) is 3.40. The van der Waals surface area contributed by atoms with E-state index >= 15 is 0 Å². The molecule has 0 fully saturated rings. The van der Waals surface area contributed by atoms with Crippen LogP contribution in [0.3, 0.4) is 0 Å². The van der Waals surface area contributed by atoms with E-state index < -0.39 is 17.2 Å². The van der Waals surface area contributed by atoms with Gasteiger partial charge in [0.05, 0.1) is 12.2 Å². The second-order valence-electron chi connectivity index (χ2n) is 8.67. The molecular weight excluding hydrogens is 418 g/mol. The lowest BCUT2D eigenvalue weighted by Crippen LogP contribution is -2.46. The minimum absolute atomic E-state index is 0.0505. The molecular formula is C25H31N5O3. The van der Waals surface area contributed by atoms with E-state index in [-0.39, 0.29) is 12.2 Å². The highest BCUT2D eigenvalue weighted by Gasteiger charge is 2.20. The molecule has 1 N–H and O–H groups in total. The zero-order valence-electron chi connectivity index (χ0n) is 19.8. The van der Waals surface area contributed by atoms with E-state index in [1.54, 1.807) is 12.1 Å². The van der Waals surface area contributed by atoms with Crippen LogP contribution < -0.4 is 16.6 Å². The van der Waals surface area contributed by atoms with Gasteiger partial charge >= 0.3 is 5.69 Å². The molecule has 0 saturated carbocycles. The molecule has 3 aromatic rings. The standard InChI is InChI=1S/C25H31N5O3/c1-17(2)19-10-12-21(13-11-19)30-25(33)29(16-20-9-7-6-8-18(20)3)24(32)22(27-30)23(31)26-14-15-28(4)5/h6-13,17H,14-16H2,1-5H3,(H,26,31). The molecule has 0 aliphatic heterocycles. The first-order chi connectivity index (χ1) is 15.7. The normalized spacial score (nSPS) is 11.2. The molecule has 0 saturated heterocycles. The van der Waals surface area contributed by atoms with Gasteiger partial charge in [-0.15, -0.1) is 0 Å². The lowest BCUT2D eigenvalue weighted by Gasteiger charge is -2.14. The average molecular weight is 450 g/mol. The second kappa shape index (κ2) is 10.4. The van der Waals surface area contributed by atoms with Crippen LogP contribution in [0, 0.1) is 6.92 Å². The lowest BCUT2D eigenvalue weighted by atomic mass is 10.0. The molecule has 0 spiro atoms. The fourth-order valence-electron chi connectivity index (χ4n) is 3.40. The zero-order valence-corrected chi connectivity index (χ0v) is 19.8. The molecule has 0 unspecified atom stereocenters. The van der Waals surface area contributed by atoms with Gasteiger partial charge in [-0.2, -0.15) is 9.78 Å². The molecule has 3 rings (SSSR count). The number of nitrogens with one attached hydrogen (secondary N) is 1. The summed E-state index contributed by atoms with van der Waals surface area (Å²) in [6, 6.07) is 14.9. The molecule has 8 heteroatoms. The SMILES string of the molecule is Cc1ccccc1Cn1c(=O)c(C(=O)NCCN(C)C)nn(-c2ccc(C(C)C)cc2)c1=O. The minimum Gasteiger partial charge on any atom is -0.349 e. The summed E-state index contributed by atoms with van der Waals surface area (Å²) in [7, 11) is 3.78. The van der Waals surface area contributed by atoms with E-state index in [2.05, 4.69) is 24.3 Å². The minimum atomic E-state index is -0.708. The summed E-state index contributed by atoms with van der Waals surface area (Å²) in [4.78, 5) is 41.3. The summed E-state index contributed by atoms with van der Waals surface area (Å²) < 4.78 is 2.21. The molecule has 1 amide bonds. The lowest BCUT2D eigenvalue weighted by molar-refractivity contribution is 0.0941. The van der Waals surface area contributed by atoms with Gasteiger partial charge in [0.25, 0.3) is 11.5 Å². The number of rotatable bonds is 8. The number of amides is 1. The number of nitrogens with zero attached hydrogens (tertiary/aromatic N) is 4. The molecule has 0 radical (unpaired) electrons. The maximum absolute atomic E-state index is 13.3. The van der Waals surface area contributed by atoms with E-state index in [0.717, 1.165) is 25.9 Å². The van der Waals surface area contributed by atoms with E-state index in [9.17, 15) is 14.4 Å². The molecule has 1 heterocycles. The predicted molar refractivity (Wildman–Crippen MR) is 129 cm³/mol. The van der Waals surface area contributed by atoms with Gasteiger partial charge in [-0.05, 0) is 55.8 Å². The van der Waals surface area contributed by atoms with Crippen LogP contribution in [0.1, 0.15) is 46.9 Å². The van der Waals surface area contributed by atoms with Crippen molar-refractivity contribution in [2.24, 2.45) is 0 Å². The largest absolute Gasteiger partial charge is 0.352 e. The van der Waals surface area contributed by atoms with Crippen molar-refractivity contribution in [2.75, 3.05) is 27.2 Å². The van der Waals surface area contributed by atoms with Gasteiger partial charge in [-0.1, -0.05) is 50.2 Å². The highest BCUT2D eigenvalue weighted by Crippen LogP contribution is 2.16. The molecule has 1 aromatic heterocycles. The van der Waals surface area contributed by atoms with Crippen LogP contribution in [-0.4, -0.2) is 52.3 Å². The Hall–Kier alpha value is -3.52. The van der Waals surface area contributed by atoms with Crippen molar-refractivity contribution < 1.29 is 4.79 Å². The van der Waals surface area contributed by atoms with Gasteiger partial charge in [0.2, 0.25) is 5.69 Å². The summed E-state index contributed by atoms with van der Waals surface area (Å²) in [5.41, 5.74) is 1.77. The summed E-state index contributed by atoms with van der Waals surface area (Å²) in [6.07, 6.45) is 0. The number of carbonyl (C=O) groups is 1. The highest BCUT2D eigenvalue weighted by atomic mass is 16.2. The topological polar surface area (TPSA) is 89.2 Å². The quantitative estimate of drug-likeness (QED) is 0.569. The highest BCUT2D eigenvalue weighted by molar-refractivity contribution is 5.91. The average Bonchev–Trinajstić information content (AvgIpc) is 2.77. The van der Waals surface area contributed by atoms with Gasteiger partial charge in [-0.25, -0.2) is 4.79 Å². The van der Waals surface area contributed by atoms with Gasteiger partial charge in [0.1, 0.15) is 0 Å². The summed E-state index contributed by atoms with van der Waals surface area (Å²) in [6.45, 7) is 7.09. The second-order valence-corrected chi connectivity index (χ2v) is 8.67. The number of likely N-dealkylation sites (N-methyl/N-ethyl adjacent to an activating group) is 1. The van der Waals surface area contributed by atoms with Crippen LogP contribution in [0.4, 0.5) is 0 Å². The van der Waals surface area contributed by atoms with Crippen LogP contribution in [0.5, 0.6) is 0 Å². The fraction of sp³-hybridized carbons (Fsp3) is 0.360. The van der Waals surface area contributed by atoms with Crippen molar-refractivity contribution in [2.45, 2.75) is 33.2 Å². The number of benzene rings is 2. The van der Waals surface area contributed by atoms with Gasteiger partial charge in [0.15, 0.2) is 0 Å². The van der Waals surface area contributed by atoms with Crippen LogP contribution >= 0.6 is 0 Å². The van der Waals surface area contributed by atoms with Crippen LogP contribution in [0.2, 0.25) is 0 Å². The third kappa shape index (κ3) is 5.64. The van der Waals surface area contributed by atoms with Crippen molar-refractivity contribution >= 4 is 5.91 Å². The zero-order chi connectivity index (χ0) is 24.1. The number of aryl methyl sites for hydroxylation is 1. The van der Waals surface area contributed by atoms with Crippen molar-refractivity contribution in [3.05, 3.63) is 91.8 Å². The summed E-state index contributed by atoms with van der Waals surface area (Å²) in [5.74, 6) is -0.273. The Kier molecular flexibility index (Phi) is 7.60. The molecule has 0 aliphatic carbocycles. The van der Waals surface area contributed by atoms with Crippen LogP contribution in [0.15, 0.2) is 58.1 Å². The van der Waals surface area contributed by atoms with Crippen molar-refractivity contribution in [1.82, 2.24) is 24.6 Å². The van der Waals surface area contributed by atoms with Gasteiger partial charge in [0, 0.05) is 13.1 Å². The monoisotopic (exact) mass is 449 g/mol. The van der Waals surface area contributed by atoms with E-state index in [4.69, 9.17) is 0 Å². The van der Waals surface area contributed by atoms with E-state index in [0.29, 0.717) is 24.7 Å². The van der Waals surface area contributed by atoms with Crippen molar-refractivity contribution in [1.29, 1.82) is 0 Å². The Morgan fingerprint density at radius 3 is 2.33 bits per heavy atom. The summed E-state index contributed by atoms with van der Waals surface area (Å²) >= 11 is 0. The Labute approximate surface area is 193 Å². The summed E-state index contributed by atoms with van der Waals surface area (Å²) in [5, 5.41) is 6.91. The van der Waals surface area contributed by atoms with Crippen LogP contribution in [0.25, 0.3) is 5.69 Å². The van der Waals surface area contributed by atoms with Crippen LogP contribution in [-0.2, 0) is 6.54 Å². The maximum atomic E-state index is 13.3. The predicted octanol–water partition coefficient (Wildman–Crippen LogP) is 2.17. The molecule has 2 aromatic carbocycles. The Morgan fingerprint density at radius 1 is 1.06 bits per heavy atom. The third-order valence-corrected chi connectivity index (χ3v) is 5.51. The van der Waals surface area contributed by atoms with Gasteiger partial charge < -0.3 is 10.2 Å². The number of carbonyl (C=O) groups excluding carboxylic acids is 1. The van der Waals surface area contributed by atoms with Crippen molar-refractivity contribution in [3.63, 3.8) is 0 Å². The maximum Gasteiger partial charge on any atom is 0.352 e. The Morgan fingerprint density at radius 2 is 1.73 bits per heavy atom. The molecule has 33 heavy (non-hydrogen) atoms. The molecule has 0 bridgehead atoms. The van der Waals surface area contributed by atoms with Gasteiger partial charge in [-0.3, -0.25) is 14.2 Å². The molecule has 174 valence electrons. The first kappa shape index (κ1) is 24.1. The smallest absolute Gasteiger partial charge is 0.349 e. The number of aromatic nitrogens is 3. The number of hydrogen-bond donors (Lipinski definition) is 1. The first-order valence-corrected chi connectivity index (χ1v) is 11.0. The van der Waals surface area contributed by atoms with E-state index in [1.165, 1.54) is 0 Å². The Balaban J connectivity index is 2.12. The Bertz CT molecular complexity index is 1240. The first-order valence-electron chi connectivity index (χ1n) is 11.0. The third-order valence-electron chi connectivity index (χ3n) is 5.51. The molecule has 8 nitrogen and oxygen atoms in total. The number of hydrogen-bond acceptors (Lipinski definition) is 5. The molecule has 0 atom stereocenters. The van der Waals surface area contributed by atoms with Crippen molar-refractivity contribution in [3.8, 4) is 5.69 Å². The van der Waals surface area contributed by atoms with E-state index in [1.807, 2.05) is 62.3 Å². The molecule has 0 aliphatic rings.